The first-order valence-electron chi connectivity index (χ1n) is 14.0. The zero-order valence-electron chi connectivity index (χ0n) is 22.5. The van der Waals surface area contributed by atoms with Crippen molar-refractivity contribution in [3.8, 4) is 0 Å². The number of carbonyl (C=O) groups is 2. The van der Waals surface area contributed by atoms with E-state index in [4.69, 9.17) is 0 Å². The van der Waals surface area contributed by atoms with Gasteiger partial charge in [0, 0.05) is 17.3 Å². The fourth-order valence-corrected chi connectivity index (χ4v) is 11.5. The van der Waals surface area contributed by atoms with Crippen molar-refractivity contribution in [2.24, 2.45) is 56.7 Å². The molecule has 4 unspecified atom stereocenters. The van der Waals surface area contributed by atoms with E-state index in [-0.39, 0.29) is 21.7 Å². The third-order valence-corrected chi connectivity index (χ3v) is 13.5. The van der Waals surface area contributed by atoms with Crippen LogP contribution in [0.1, 0.15) is 113 Å². The number of Topliss-reactive ketones (excluding diaryl/α,β-unsaturated/α-hetero) is 2. The van der Waals surface area contributed by atoms with E-state index in [2.05, 4.69) is 48.1 Å². The van der Waals surface area contributed by atoms with Gasteiger partial charge in [-0.1, -0.05) is 46.8 Å². The van der Waals surface area contributed by atoms with E-state index in [9.17, 15) is 9.59 Å². The molecule has 5 aliphatic carbocycles. The summed E-state index contributed by atoms with van der Waals surface area (Å²) in [5.41, 5.74) is 1.86. The fourth-order valence-electron chi connectivity index (χ4n) is 11.5. The van der Waals surface area contributed by atoms with E-state index in [1.807, 2.05) is 6.92 Å². The van der Waals surface area contributed by atoms with Crippen LogP contribution in [0.2, 0.25) is 0 Å². The molecule has 0 N–H and O–H groups in total. The molecule has 5 saturated carbocycles. The fraction of sp³-hybridized carbons (Fsp3) is 0.871. The maximum atomic E-state index is 13.2. The number of ketones is 2. The molecule has 5 aliphatic rings. The summed E-state index contributed by atoms with van der Waals surface area (Å²) in [6, 6.07) is 0. The second-order valence-electron chi connectivity index (χ2n) is 14.5. The standard InChI is InChI=1S/C31H48O2/c1-19(2)21-11-16-31(20(3)32)18-17-29(7)22(26(21)31)9-10-24-28(6)14-13-25(33)27(4,5)23(28)12-15-30(24,29)8/h21-24,26H,1,9-18H2,2-8H3/t21-,22?,23?,24?,26?,28-,29+,30+,31+/m0/s1. The van der Waals surface area contributed by atoms with Gasteiger partial charge in [-0.3, -0.25) is 9.59 Å². The summed E-state index contributed by atoms with van der Waals surface area (Å²) in [7, 11) is 0. The number of rotatable bonds is 2. The number of carbonyl (C=O) groups excluding carboxylic acids is 2. The van der Waals surface area contributed by atoms with Crippen molar-refractivity contribution in [2.45, 2.75) is 113 Å². The molecule has 0 saturated heterocycles. The average molecular weight is 453 g/mol. The molecule has 5 rings (SSSR count). The van der Waals surface area contributed by atoms with Gasteiger partial charge in [0.25, 0.3) is 0 Å². The van der Waals surface area contributed by atoms with Crippen molar-refractivity contribution in [1.82, 2.24) is 0 Å². The van der Waals surface area contributed by atoms with Gasteiger partial charge in [-0.25, -0.2) is 0 Å². The van der Waals surface area contributed by atoms with Gasteiger partial charge in [0.1, 0.15) is 11.6 Å². The third-order valence-electron chi connectivity index (χ3n) is 13.5. The lowest BCUT2D eigenvalue weighted by molar-refractivity contribution is -0.232. The number of allylic oxidation sites excluding steroid dienone is 1. The van der Waals surface area contributed by atoms with Crippen LogP contribution in [0.3, 0.4) is 0 Å². The summed E-state index contributed by atoms with van der Waals surface area (Å²) >= 11 is 0. The Labute approximate surface area is 202 Å². The van der Waals surface area contributed by atoms with Crippen LogP contribution in [-0.2, 0) is 9.59 Å². The minimum absolute atomic E-state index is 0.0999. The quantitative estimate of drug-likeness (QED) is 0.400. The second-order valence-corrected chi connectivity index (χ2v) is 14.5. The average Bonchev–Trinajstić information content (AvgIpc) is 3.13. The molecule has 184 valence electrons. The molecule has 0 amide bonds. The lowest BCUT2D eigenvalue weighted by Gasteiger charge is -2.72. The minimum atomic E-state index is -0.182. The maximum absolute atomic E-state index is 13.2. The molecule has 0 heterocycles. The van der Waals surface area contributed by atoms with Crippen molar-refractivity contribution < 1.29 is 9.59 Å². The highest BCUT2D eigenvalue weighted by Crippen LogP contribution is 2.77. The van der Waals surface area contributed by atoms with E-state index >= 15 is 0 Å². The first-order chi connectivity index (χ1) is 15.3. The summed E-state index contributed by atoms with van der Waals surface area (Å²) in [6.07, 6.45) is 11.3. The molecule has 9 atom stereocenters. The van der Waals surface area contributed by atoms with E-state index in [1.165, 1.54) is 37.7 Å². The van der Waals surface area contributed by atoms with Gasteiger partial charge in [-0.2, -0.15) is 0 Å². The van der Waals surface area contributed by atoms with Crippen molar-refractivity contribution in [3.63, 3.8) is 0 Å². The van der Waals surface area contributed by atoms with Crippen LogP contribution in [-0.4, -0.2) is 11.6 Å². The summed E-state index contributed by atoms with van der Waals surface area (Å²) in [4.78, 5) is 26.1. The molecule has 5 fully saturated rings. The Kier molecular flexibility index (Phi) is 5.10. The van der Waals surface area contributed by atoms with Crippen molar-refractivity contribution >= 4 is 11.6 Å². The molecule has 2 heteroatoms. The number of fused-ring (bicyclic) bond motifs is 7. The van der Waals surface area contributed by atoms with Crippen molar-refractivity contribution in [1.29, 1.82) is 0 Å². The number of hydrogen-bond acceptors (Lipinski definition) is 2. The summed E-state index contributed by atoms with van der Waals surface area (Å²) in [5, 5.41) is 0. The summed E-state index contributed by atoms with van der Waals surface area (Å²) in [6.45, 7) is 20.8. The highest BCUT2D eigenvalue weighted by molar-refractivity contribution is 5.85. The lowest BCUT2D eigenvalue weighted by Crippen LogP contribution is -2.66. The summed E-state index contributed by atoms with van der Waals surface area (Å²) < 4.78 is 0. The predicted molar refractivity (Wildman–Crippen MR) is 135 cm³/mol. The Morgan fingerprint density at radius 2 is 1.52 bits per heavy atom. The first-order valence-corrected chi connectivity index (χ1v) is 14.0. The largest absolute Gasteiger partial charge is 0.299 e. The van der Waals surface area contributed by atoms with Gasteiger partial charge in [0.2, 0.25) is 0 Å². The normalized spacial score (nSPS) is 52.8. The van der Waals surface area contributed by atoms with Crippen LogP contribution in [0.5, 0.6) is 0 Å². The van der Waals surface area contributed by atoms with E-state index in [1.54, 1.807) is 0 Å². The molecular weight excluding hydrogens is 404 g/mol. The van der Waals surface area contributed by atoms with Crippen LogP contribution in [0.25, 0.3) is 0 Å². The van der Waals surface area contributed by atoms with Crippen LogP contribution in [0.4, 0.5) is 0 Å². The van der Waals surface area contributed by atoms with Gasteiger partial charge in [0.15, 0.2) is 0 Å². The Morgan fingerprint density at radius 3 is 2.15 bits per heavy atom. The lowest BCUT2D eigenvalue weighted by atomic mass is 9.32. The molecule has 0 aliphatic heterocycles. The molecular formula is C31H48O2. The van der Waals surface area contributed by atoms with Crippen molar-refractivity contribution in [3.05, 3.63) is 12.2 Å². The molecule has 0 aromatic rings. The Bertz CT molecular complexity index is 899. The second kappa shape index (κ2) is 7.07. The Hall–Kier alpha value is -0.920. The highest BCUT2D eigenvalue weighted by Gasteiger charge is 2.71. The summed E-state index contributed by atoms with van der Waals surface area (Å²) in [5.74, 6) is 3.77. The van der Waals surface area contributed by atoms with E-state index in [0.29, 0.717) is 46.6 Å². The van der Waals surface area contributed by atoms with Crippen LogP contribution in [0.15, 0.2) is 12.2 Å². The first kappa shape index (κ1) is 23.8. The zero-order valence-corrected chi connectivity index (χ0v) is 22.5. The van der Waals surface area contributed by atoms with Gasteiger partial charge in [-0.15, -0.1) is 0 Å². The van der Waals surface area contributed by atoms with E-state index in [0.717, 1.165) is 32.1 Å². The van der Waals surface area contributed by atoms with Gasteiger partial charge in [0.05, 0.1) is 0 Å². The Morgan fingerprint density at radius 1 is 0.818 bits per heavy atom. The smallest absolute Gasteiger partial charge is 0.138 e. The van der Waals surface area contributed by atoms with Gasteiger partial charge < -0.3 is 0 Å². The molecule has 33 heavy (non-hydrogen) atoms. The molecule has 0 spiro atoms. The Balaban J connectivity index is 1.57. The van der Waals surface area contributed by atoms with Crippen LogP contribution in [0, 0.1) is 56.7 Å². The maximum Gasteiger partial charge on any atom is 0.138 e. The topological polar surface area (TPSA) is 34.1 Å². The van der Waals surface area contributed by atoms with E-state index < -0.39 is 0 Å². The van der Waals surface area contributed by atoms with Crippen LogP contribution < -0.4 is 0 Å². The van der Waals surface area contributed by atoms with Crippen molar-refractivity contribution in [2.75, 3.05) is 0 Å². The SMILES string of the molecule is C=C(C)[C@@H]1CC[C@]2(C(C)=O)CC[C@]3(C)C(CCC4[C@@]5(C)CCC(=O)C(C)(C)C5CC[C@]43C)C12. The highest BCUT2D eigenvalue weighted by atomic mass is 16.1. The molecule has 0 aromatic carbocycles. The minimum Gasteiger partial charge on any atom is -0.299 e. The monoisotopic (exact) mass is 452 g/mol. The van der Waals surface area contributed by atoms with Gasteiger partial charge in [-0.05, 0) is 117 Å². The zero-order chi connectivity index (χ0) is 24.2. The number of hydrogen-bond donors (Lipinski definition) is 0. The predicted octanol–water partition coefficient (Wildman–Crippen LogP) is 7.80. The third kappa shape index (κ3) is 2.73. The molecule has 0 aromatic heterocycles. The molecule has 0 bridgehead atoms. The molecule has 2 nitrogen and oxygen atoms in total. The molecule has 0 radical (unpaired) electrons. The van der Waals surface area contributed by atoms with Crippen LogP contribution >= 0.6 is 0 Å². The van der Waals surface area contributed by atoms with Gasteiger partial charge >= 0.3 is 0 Å².